The average Bonchev–Trinajstić information content (AvgIpc) is 3.66. The number of aromatic nitrogens is 2. The summed E-state index contributed by atoms with van der Waals surface area (Å²) in [5.41, 5.74) is 13.9. The van der Waals surface area contributed by atoms with Gasteiger partial charge in [-0.05, 0) is 90.3 Å². The third-order valence-electron chi connectivity index (χ3n) is 10.4. The van der Waals surface area contributed by atoms with Crippen LogP contribution in [0.5, 0.6) is 0 Å². The molecule has 0 fully saturated rings. The van der Waals surface area contributed by atoms with E-state index in [1.807, 2.05) is 13.8 Å². The summed E-state index contributed by atoms with van der Waals surface area (Å²) in [6.07, 6.45) is 0. The van der Waals surface area contributed by atoms with Crippen LogP contribution in [0.4, 0.5) is 0 Å². The van der Waals surface area contributed by atoms with Crippen LogP contribution in [0.3, 0.4) is 0 Å². The number of nitrogens with zero attached hydrogens (tertiary/aromatic N) is 2. The second-order valence-electron chi connectivity index (χ2n) is 13.5. The van der Waals surface area contributed by atoms with Crippen LogP contribution in [0.2, 0.25) is 0 Å². The molecule has 262 valence electrons. The highest BCUT2D eigenvalue weighted by Crippen LogP contribution is 2.44. The molecule has 55 heavy (non-hydrogen) atoms. The van der Waals surface area contributed by atoms with Gasteiger partial charge in [0.25, 0.3) is 0 Å². The molecule has 0 saturated heterocycles. The summed E-state index contributed by atoms with van der Waals surface area (Å²) in [6.45, 7) is 4.00. The molecule has 2 heteroatoms. The molecule has 1 aromatic heterocycles. The van der Waals surface area contributed by atoms with E-state index < -0.39 is 0 Å². The van der Waals surface area contributed by atoms with E-state index in [-0.39, 0.29) is 0 Å². The lowest BCUT2D eigenvalue weighted by Gasteiger charge is -2.18. The maximum atomic E-state index is 5.37. The second-order valence-corrected chi connectivity index (χ2v) is 13.5. The van der Waals surface area contributed by atoms with Gasteiger partial charge in [-0.1, -0.05) is 196 Å². The van der Waals surface area contributed by atoms with E-state index in [9.17, 15) is 0 Å². The molecule has 0 aliphatic carbocycles. The van der Waals surface area contributed by atoms with Crippen LogP contribution < -0.4 is 0 Å². The second kappa shape index (κ2) is 14.8. The van der Waals surface area contributed by atoms with Crippen LogP contribution in [0.1, 0.15) is 13.8 Å². The predicted octanol–water partition coefficient (Wildman–Crippen LogP) is 14.7. The SMILES string of the molecule is CC.c1ccc(-c2ccc(-c3c4ccccc4c(-c4ccc5c(c4)nc(-c4ccc(-c6ccccc6)cc4)n5-c4ccccc4)c4ccccc34)cc2)cc1. The lowest BCUT2D eigenvalue weighted by atomic mass is 9.85. The first-order valence-corrected chi connectivity index (χ1v) is 19.1. The maximum absolute atomic E-state index is 5.37. The summed E-state index contributed by atoms with van der Waals surface area (Å²) in [7, 11) is 0. The topological polar surface area (TPSA) is 17.8 Å². The van der Waals surface area contributed by atoms with Crippen molar-refractivity contribution in [3.63, 3.8) is 0 Å². The number of para-hydroxylation sites is 1. The van der Waals surface area contributed by atoms with Gasteiger partial charge in [0.05, 0.1) is 11.0 Å². The van der Waals surface area contributed by atoms with Gasteiger partial charge in [0.2, 0.25) is 0 Å². The van der Waals surface area contributed by atoms with Crippen LogP contribution in [0.25, 0.3) is 94.2 Å². The Balaban J connectivity index is 0.00000195. The standard InChI is InChI=1S/C51H34N2.C2H6/c1-4-14-35(15-5-1)37-24-28-39(29-25-37)49-43-20-10-12-22-45(43)50(46-23-13-11-21-44(46)49)41-32-33-48-47(34-41)52-51(53(48)42-18-8-3-9-19-42)40-30-26-38(27-31-40)36-16-6-2-7-17-36;1-2/h1-34H;1-2H3. The highest BCUT2D eigenvalue weighted by molar-refractivity contribution is 6.21. The van der Waals surface area contributed by atoms with E-state index in [2.05, 4.69) is 211 Å². The van der Waals surface area contributed by atoms with Crippen molar-refractivity contribution in [2.24, 2.45) is 0 Å². The molecule has 0 atom stereocenters. The minimum Gasteiger partial charge on any atom is -0.292 e. The number of hydrogen-bond acceptors (Lipinski definition) is 1. The molecule has 9 aromatic carbocycles. The number of hydrogen-bond donors (Lipinski definition) is 0. The monoisotopic (exact) mass is 704 g/mol. The highest BCUT2D eigenvalue weighted by atomic mass is 15.1. The Bertz CT molecular complexity index is 2830. The predicted molar refractivity (Wildman–Crippen MR) is 235 cm³/mol. The summed E-state index contributed by atoms with van der Waals surface area (Å²) in [6, 6.07) is 73.9. The van der Waals surface area contributed by atoms with Gasteiger partial charge in [0.15, 0.2) is 0 Å². The molecule has 0 saturated carbocycles. The van der Waals surface area contributed by atoms with Crippen LogP contribution in [-0.2, 0) is 0 Å². The van der Waals surface area contributed by atoms with Crippen molar-refractivity contribution < 1.29 is 0 Å². The van der Waals surface area contributed by atoms with Crippen molar-refractivity contribution in [3.8, 4) is 61.6 Å². The van der Waals surface area contributed by atoms with Crippen molar-refractivity contribution in [2.45, 2.75) is 13.8 Å². The molecule has 0 spiro atoms. The number of fused-ring (bicyclic) bond motifs is 3. The zero-order valence-electron chi connectivity index (χ0n) is 31.0. The Kier molecular flexibility index (Phi) is 9.07. The fourth-order valence-corrected chi connectivity index (χ4v) is 7.92. The summed E-state index contributed by atoms with van der Waals surface area (Å²) in [5.74, 6) is 0.923. The van der Waals surface area contributed by atoms with Crippen molar-refractivity contribution in [3.05, 3.63) is 206 Å². The lowest BCUT2D eigenvalue weighted by Crippen LogP contribution is -1.97. The Morgan fingerprint density at radius 3 is 1.18 bits per heavy atom. The minimum absolute atomic E-state index is 0.923. The van der Waals surface area contributed by atoms with E-state index >= 15 is 0 Å². The number of imidazole rings is 1. The van der Waals surface area contributed by atoms with E-state index in [0.717, 1.165) is 33.7 Å². The van der Waals surface area contributed by atoms with Gasteiger partial charge in [-0.3, -0.25) is 4.57 Å². The molecule has 1 heterocycles. The van der Waals surface area contributed by atoms with Crippen LogP contribution in [0, 0.1) is 0 Å². The Morgan fingerprint density at radius 1 is 0.327 bits per heavy atom. The average molecular weight is 705 g/mol. The molecule has 10 rings (SSSR count). The van der Waals surface area contributed by atoms with Gasteiger partial charge in [-0.2, -0.15) is 0 Å². The molecule has 0 amide bonds. The van der Waals surface area contributed by atoms with Crippen molar-refractivity contribution in [1.82, 2.24) is 9.55 Å². The quantitative estimate of drug-likeness (QED) is 0.158. The molecule has 10 aromatic rings. The van der Waals surface area contributed by atoms with Crippen molar-refractivity contribution >= 4 is 32.6 Å². The van der Waals surface area contributed by atoms with E-state index in [1.165, 1.54) is 60.5 Å². The molecule has 0 bridgehead atoms. The maximum Gasteiger partial charge on any atom is 0.145 e. The zero-order chi connectivity index (χ0) is 37.1. The fourth-order valence-electron chi connectivity index (χ4n) is 7.92. The fraction of sp³-hybridized carbons (Fsp3) is 0.0377. The molecule has 2 nitrogen and oxygen atoms in total. The van der Waals surface area contributed by atoms with Gasteiger partial charge in [-0.25, -0.2) is 4.98 Å². The molecule has 0 N–H and O–H groups in total. The first kappa shape index (κ1) is 33.8. The Hall–Kier alpha value is -7.03. The van der Waals surface area contributed by atoms with Gasteiger partial charge in [-0.15, -0.1) is 0 Å². The first-order chi connectivity index (χ1) is 27.3. The number of benzene rings is 9. The van der Waals surface area contributed by atoms with E-state index in [0.29, 0.717) is 0 Å². The smallest absolute Gasteiger partial charge is 0.145 e. The van der Waals surface area contributed by atoms with Crippen LogP contribution >= 0.6 is 0 Å². The lowest BCUT2D eigenvalue weighted by molar-refractivity contribution is 1.10. The first-order valence-electron chi connectivity index (χ1n) is 19.1. The molecule has 0 unspecified atom stereocenters. The zero-order valence-corrected chi connectivity index (χ0v) is 31.0. The minimum atomic E-state index is 0.923. The number of rotatable bonds is 6. The van der Waals surface area contributed by atoms with E-state index in [4.69, 9.17) is 4.98 Å². The van der Waals surface area contributed by atoms with Gasteiger partial charge in [0.1, 0.15) is 5.82 Å². The molecular formula is C53H40N2. The Morgan fingerprint density at radius 2 is 0.691 bits per heavy atom. The van der Waals surface area contributed by atoms with Gasteiger partial charge >= 0.3 is 0 Å². The molecule has 0 radical (unpaired) electrons. The van der Waals surface area contributed by atoms with Gasteiger partial charge in [0, 0.05) is 11.3 Å². The Labute approximate surface area is 322 Å². The molecule has 0 aliphatic rings. The summed E-state index contributed by atoms with van der Waals surface area (Å²) < 4.78 is 2.29. The van der Waals surface area contributed by atoms with E-state index in [1.54, 1.807) is 0 Å². The third kappa shape index (κ3) is 6.18. The largest absolute Gasteiger partial charge is 0.292 e. The summed E-state index contributed by atoms with van der Waals surface area (Å²) in [4.78, 5) is 5.37. The van der Waals surface area contributed by atoms with Crippen molar-refractivity contribution in [2.75, 3.05) is 0 Å². The van der Waals surface area contributed by atoms with Gasteiger partial charge < -0.3 is 0 Å². The normalized spacial score (nSPS) is 11.1. The van der Waals surface area contributed by atoms with Crippen LogP contribution in [-0.4, -0.2) is 9.55 Å². The van der Waals surface area contributed by atoms with Crippen LogP contribution in [0.15, 0.2) is 206 Å². The summed E-state index contributed by atoms with van der Waals surface area (Å²) >= 11 is 0. The summed E-state index contributed by atoms with van der Waals surface area (Å²) in [5, 5.41) is 4.93. The third-order valence-corrected chi connectivity index (χ3v) is 10.4. The molecular weight excluding hydrogens is 665 g/mol. The highest BCUT2D eigenvalue weighted by Gasteiger charge is 2.19. The molecule has 0 aliphatic heterocycles. The van der Waals surface area contributed by atoms with Crippen molar-refractivity contribution in [1.29, 1.82) is 0 Å².